The van der Waals surface area contributed by atoms with Gasteiger partial charge < -0.3 is 0 Å². The Hall–Kier alpha value is -0.350. The standard InChI is InChI=1S/C8H13NO2S/c10-12(11)6-3-8(7-12)9-4-1-2-5-9/h3,6,8H,1-2,4-5,7H2. The molecule has 0 saturated carbocycles. The van der Waals surface area contributed by atoms with Crippen LogP contribution in [0, 0.1) is 0 Å². The number of nitrogens with zero attached hydrogens (tertiary/aromatic N) is 1. The zero-order valence-corrected chi connectivity index (χ0v) is 7.76. The van der Waals surface area contributed by atoms with Crippen molar-refractivity contribution in [2.75, 3.05) is 18.8 Å². The summed E-state index contributed by atoms with van der Waals surface area (Å²) < 4.78 is 22.2. The number of hydrogen-bond donors (Lipinski definition) is 0. The summed E-state index contributed by atoms with van der Waals surface area (Å²) >= 11 is 0. The largest absolute Gasteiger partial charge is 0.296 e. The van der Waals surface area contributed by atoms with Gasteiger partial charge in [-0.25, -0.2) is 8.42 Å². The molecule has 1 unspecified atom stereocenters. The Bertz CT molecular complexity index is 288. The van der Waals surface area contributed by atoms with Crippen molar-refractivity contribution in [2.45, 2.75) is 18.9 Å². The van der Waals surface area contributed by atoms with Crippen molar-refractivity contribution in [1.29, 1.82) is 0 Å². The molecule has 2 aliphatic heterocycles. The van der Waals surface area contributed by atoms with Gasteiger partial charge in [0.1, 0.15) is 0 Å². The topological polar surface area (TPSA) is 37.4 Å². The van der Waals surface area contributed by atoms with Gasteiger partial charge >= 0.3 is 0 Å². The van der Waals surface area contributed by atoms with Gasteiger partial charge in [-0.15, -0.1) is 0 Å². The summed E-state index contributed by atoms with van der Waals surface area (Å²) in [6.45, 7) is 2.12. The summed E-state index contributed by atoms with van der Waals surface area (Å²) in [6.07, 6.45) is 4.25. The SMILES string of the molecule is O=S1(=O)C=CC(N2CCCC2)C1. The van der Waals surface area contributed by atoms with Crippen LogP contribution in [0.5, 0.6) is 0 Å². The van der Waals surface area contributed by atoms with Gasteiger partial charge in [-0.3, -0.25) is 4.90 Å². The Morgan fingerprint density at radius 2 is 1.92 bits per heavy atom. The van der Waals surface area contributed by atoms with Crippen LogP contribution in [0.2, 0.25) is 0 Å². The van der Waals surface area contributed by atoms with Crippen LogP contribution >= 0.6 is 0 Å². The van der Waals surface area contributed by atoms with E-state index in [-0.39, 0.29) is 6.04 Å². The fraction of sp³-hybridized carbons (Fsp3) is 0.750. The maximum atomic E-state index is 11.1. The quantitative estimate of drug-likeness (QED) is 0.596. The lowest BCUT2D eigenvalue weighted by molar-refractivity contribution is 0.304. The van der Waals surface area contributed by atoms with Crippen LogP contribution in [0.1, 0.15) is 12.8 Å². The third kappa shape index (κ3) is 1.54. The molecule has 3 nitrogen and oxygen atoms in total. The van der Waals surface area contributed by atoms with Crippen LogP contribution in [0.3, 0.4) is 0 Å². The normalized spacial score (nSPS) is 34.5. The molecule has 0 amide bonds. The lowest BCUT2D eigenvalue weighted by Crippen LogP contribution is -2.33. The average Bonchev–Trinajstić information content (AvgIpc) is 2.55. The molecule has 0 aromatic heterocycles. The molecule has 0 bridgehead atoms. The molecule has 1 saturated heterocycles. The monoisotopic (exact) mass is 187 g/mol. The minimum absolute atomic E-state index is 0.164. The smallest absolute Gasteiger partial charge is 0.173 e. The lowest BCUT2D eigenvalue weighted by Gasteiger charge is -2.20. The van der Waals surface area contributed by atoms with Crippen LogP contribution in [0.4, 0.5) is 0 Å². The predicted molar refractivity (Wildman–Crippen MR) is 47.5 cm³/mol. The highest BCUT2D eigenvalue weighted by molar-refractivity contribution is 7.94. The molecule has 0 radical (unpaired) electrons. The van der Waals surface area contributed by atoms with Crippen LogP contribution in [-0.2, 0) is 9.84 Å². The molecule has 0 aromatic carbocycles. The van der Waals surface area contributed by atoms with E-state index in [1.165, 1.54) is 18.2 Å². The van der Waals surface area contributed by atoms with Crippen molar-refractivity contribution < 1.29 is 8.42 Å². The van der Waals surface area contributed by atoms with E-state index in [9.17, 15) is 8.42 Å². The van der Waals surface area contributed by atoms with Gasteiger partial charge in [-0.1, -0.05) is 6.08 Å². The average molecular weight is 187 g/mol. The van der Waals surface area contributed by atoms with E-state index in [1.807, 2.05) is 6.08 Å². The minimum Gasteiger partial charge on any atom is -0.296 e. The Labute approximate surface area is 73.0 Å². The molecule has 68 valence electrons. The first-order valence-electron chi connectivity index (χ1n) is 4.32. The number of hydrogen-bond acceptors (Lipinski definition) is 3. The Morgan fingerprint density at radius 1 is 1.25 bits per heavy atom. The summed E-state index contributed by atoms with van der Waals surface area (Å²) in [5, 5.41) is 1.36. The van der Waals surface area contributed by atoms with Crippen LogP contribution in [0.25, 0.3) is 0 Å². The second kappa shape index (κ2) is 2.85. The first kappa shape index (κ1) is 8.26. The second-order valence-corrected chi connectivity index (χ2v) is 5.40. The minimum atomic E-state index is -2.86. The molecule has 2 rings (SSSR count). The first-order valence-corrected chi connectivity index (χ1v) is 6.04. The summed E-state index contributed by atoms with van der Waals surface area (Å²) in [7, 11) is -2.86. The van der Waals surface area contributed by atoms with Crippen molar-refractivity contribution in [3.05, 3.63) is 11.5 Å². The number of sulfone groups is 1. The summed E-state index contributed by atoms with van der Waals surface area (Å²) in [6, 6.07) is 0.164. The first-order chi connectivity index (χ1) is 5.67. The van der Waals surface area contributed by atoms with Gasteiger partial charge in [-0.05, 0) is 25.9 Å². The highest BCUT2D eigenvalue weighted by Gasteiger charge is 2.28. The Morgan fingerprint density at radius 3 is 2.42 bits per heavy atom. The van der Waals surface area contributed by atoms with E-state index < -0.39 is 9.84 Å². The molecule has 1 atom stereocenters. The fourth-order valence-electron chi connectivity index (χ4n) is 1.86. The zero-order valence-electron chi connectivity index (χ0n) is 6.94. The van der Waals surface area contributed by atoms with Gasteiger partial charge in [0.05, 0.1) is 5.75 Å². The molecule has 2 aliphatic rings. The molecule has 0 aromatic rings. The molecule has 0 spiro atoms. The van der Waals surface area contributed by atoms with Gasteiger partial charge in [0.25, 0.3) is 0 Å². The highest BCUT2D eigenvalue weighted by atomic mass is 32.2. The van der Waals surface area contributed by atoms with E-state index >= 15 is 0 Å². The van der Waals surface area contributed by atoms with Crippen molar-refractivity contribution in [3.63, 3.8) is 0 Å². The maximum Gasteiger partial charge on any atom is 0.173 e. The van der Waals surface area contributed by atoms with Gasteiger partial charge in [0.2, 0.25) is 0 Å². The van der Waals surface area contributed by atoms with E-state index in [0.717, 1.165) is 13.1 Å². The van der Waals surface area contributed by atoms with Crippen molar-refractivity contribution in [1.82, 2.24) is 4.90 Å². The van der Waals surface area contributed by atoms with E-state index in [0.29, 0.717) is 5.75 Å². The lowest BCUT2D eigenvalue weighted by atomic mass is 10.3. The van der Waals surface area contributed by atoms with Crippen LogP contribution < -0.4 is 0 Å². The third-order valence-electron chi connectivity index (χ3n) is 2.52. The molecule has 0 aliphatic carbocycles. The molecule has 1 fully saturated rings. The van der Waals surface area contributed by atoms with E-state index in [1.54, 1.807) is 0 Å². The maximum absolute atomic E-state index is 11.1. The summed E-state index contributed by atoms with van der Waals surface area (Å²) in [5.74, 6) is 0.299. The van der Waals surface area contributed by atoms with E-state index in [4.69, 9.17) is 0 Å². The van der Waals surface area contributed by atoms with Gasteiger partial charge in [-0.2, -0.15) is 0 Å². The van der Waals surface area contributed by atoms with Crippen molar-refractivity contribution in [2.24, 2.45) is 0 Å². The number of rotatable bonds is 1. The molecular weight excluding hydrogens is 174 g/mol. The Kier molecular flexibility index (Phi) is 1.96. The number of likely N-dealkylation sites (tertiary alicyclic amines) is 1. The van der Waals surface area contributed by atoms with Crippen molar-refractivity contribution >= 4 is 9.84 Å². The summed E-state index contributed by atoms with van der Waals surface area (Å²) in [5.41, 5.74) is 0. The van der Waals surface area contributed by atoms with Crippen LogP contribution in [-0.4, -0.2) is 38.2 Å². The van der Waals surface area contributed by atoms with Crippen molar-refractivity contribution in [3.8, 4) is 0 Å². The molecule has 4 heteroatoms. The molecule has 2 heterocycles. The zero-order chi connectivity index (χ0) is 8.60. The summed E-state index contributed by atoms with van der Waals surface area (Å²) in [4.78, 5) is 2.25. The molecular formula is C8H13NO2S. The van der Waals surface area contributed by atoms with Gasteiger partial charge in [0, 0.05) is 11.4 Å². The van der Waals surface area contributed by atoms with E-state index in [2.05, 4.69) is 4.90 Å². The molecule has 12 heavy (non-hydrogen) atoms. The highest BCUT2D eigenvalue weighted by Crippen LogP contribution is 2.19. The molecule has 0 N–H and O–H groups in total. The van der Waals surface area contributed by atoms with Gasteiger partial charge in [0.15, 0.2) is 9.84 Å². The Balaban J connectivity index is 2.05. The second-order valence-electron chi connectivity index (χ2n) is 3.47. The predicted octanol–water partition coefficient (Wildman–Crippen LogP) is 0.393. The fourth-order valence-corrected chi connectivity index (χ4v) is 3.19. The third-order valence-corrected chi connectivity index (χ3v) is 3.90. The van der Waals surface area contributed by atoms with Crippen LogP contribution in [0.15, 0.2) is 11.5 Å².